The number of hydrogen-bond acceptors (Lipinski definition) is 8. The number of carbonyl (C=O) groups is 2. The summed E-state index contributed by atoms with van der Waals surface area (Å²) in [7, 11) is 4.57. The van der Waals surface area contributed by atoms with Crippen molar-refractivity contribution in [1.82, 2.24) is 15.0 Å². The van der Waals surface area contributed by atoms with Gasteiger partial charge in [0.1, 0.15) is 17.6 Å². The number of benzene rings is 2. The van der Waals surface area contributed by atoms with E-state index >= 15 is 0 Å². The number of aromatic nitrogens is 3. The number of anilines is 1. The lowest BCUT2D eigenvalue weighted by molar-refractivity contribution is -0.132. The van der Waals surface area contributed by atoms with Crippen LogP contribution in [0.25, 0.3) is 16.8 Å². The summed E-state index contributed by atoms with van der Waals surface area (Å²) in [5.41, 5.74) is 2.45. The lowest BCUT2D eigenvalue weighted by Gasteiger charge is -2.22. The molecule has 2 aromatic heterocycles. The van der Waals surface area contributed by atoms with E-state index in [0.717, 1.165) is 0 Å². The van der Waals surface area contributed by atoms with Gasteiger partial charge in [0.2, 0.25) is 5.95 Å². The number of ether oxygens (including phenoxy) is 3. The molecule has 1 amide bonds. The van der Waals surface area contributed by atoms with E-state index in [4.69, 9.17) is 14.2 Å². The largest absolute Gasteiger partial charge is 0.507 e. The van der Waals surface area contributed by atoms with Crippen molar-refractivity contribution < 1.29 is 28.9 Å². The maximum absolute atomic E-state index is 13.4. The Bertz CT molecular complexity index is 1520. The number of pyridine rings is 1. The van der Waals surface area contributed by atoms with Gasteiger partial charge >= 0.3 is 5.91 Å². The Morgan fingerprint density at radius 1 is 1.00 bits per heavy atom. The Labute approximate surface area is 212 Å². The van der Waals surface area contributed by atoms with Gasteiger partial charge in [-0.3, -0.25) is 19.5 Å². The van der Waals surface area contributed by atoms with Crippen molar-refractivity contribution in [3.63, 3.8) is 0 Å². The maximum atomic E-state index is 13.4. The molecule has 0 saturated carbocycles. The molecule has 10 heteroatoms. The molecule has 1 aliphatic rings. The van der Waals surface area contributed by atoms with Crippen molar-refractivity contribution >= 4 is 34.4 Å². The molecule has 5 rings (SSSR count). The smallest absolute Gasteiger partial charge is 0.302 e. The van der Waals surface area contributed by atoms with Crippen molar-refractivity contribution in [2.75, 3.05) is 26.2 Å². The molecule has 2 aromatic carbocycles. The number of ketones is 1. The molecule has 2 N–H and O–H groups in total. The lowest BCUT2D eigenvalue weighted by atomic mass is 9.96. The monoisotopic (exact) mass is 500 g/mol. The number of carbonyl (C=O) groups excluding carboxylic acids is 2. The average Bonchev–Trinajstić information content (AvgIpc) is 3.45. The number of fused-ring (bicyclic) bond motifs is 1. The van der Waals surface area contributed by atoms with Crippen LogP contribution in [0.4, 0.5) is 5.95 Å². The average molecular weight is 501 g/mol. The molecule has 1 fully saturated rings. The first-order chi connectivity index (χ1) is 17.9. The molecule has 3 heterocycles. The summed E-state index contributed by atoms with van der Waals surface area (Å²) in [5.74, 6) is -0.344. The molecule has 1 aliphatic heterocycles. The zero-order valence-electron chi connectivity index (χ0n) is 20.6. The number of rotatable bonds is 6. The number of Topliss-reactive ketones (excluding diaryl/α,β-unsaturated/α-hetero) is 1. The summed E-state index contributed by atoms with van der Waals surface area (Å²) in [4.78, 5) is 40.1. The van der Waals surface area contributed by atoms with Crippen LogP contribution in [0.3, 0.4) is 0 Å². The van der Waals surface area contributed by atoms with Gasteiger partial charge < -0.3 is 24.3 Å². The number of amides is 1. The van der Waals surface area contributed by atoms with E-state index in [1.54, 1.807) is 68.8 Å². The van der Waals surface area contributed by atoms with E-state index in [9.17, 15) is 14.7 Å². The molecule has 0 spiro atoms. The minimum Gasteiger partial charge on any atom is -0.507 e. The molecule has 1 unspecified atom stereocenters. The Kier molecular flexibility index (Phi) is 6.00. The van der Waals surface area contributed by atoms with Gasteiger partial charge in [-0.2, -0.15) is 0 Å². The van der Waals surface area contributed by atoms with Gasteiger partial charge in [0, 0.05) is 23.9 Å². The molecule has 4 aromatic rings. The summed E-state index contributed by atoms with van der Waals surface area (Å²) in [6, 6.07) is 12.6. The quantitative estimate of drug-likeness (QED) is 0.232. The number of aliphatic hydroxyl groups is 1. The number of aliphatic hydroxyl groups excluding tert-OH is 1. The van der Waals surface area contributed by atoms with Gasteiger partial charge in [-0.1, -0.05) is 6.07 Å². The van der Waals surface area contributed by atoms with Gasteiger partial charge in [-0.05, 0) is 42.8 Å². The first-order valence-corrected chi connectivity index (χ1v) is 11.4. The highest BCUT2D eigenvalue weighted by Gasteiger charge is 2.49. The standard InChI is InChI=1S/C27H24N4O6/c1-14-11-15(35-2)8-9-16(14)24(32)22-23(17-7-5-6-10-28-17)31(26(34)25(22)33)27-29-18-12-20(36-3)21(37-4)13-19(18)30-27/h5-13,23,32H,1-4H3,(H,29,30)/b24-22+. The van der Waals surface area contributed by atoms with E-state index < -0.39 is 17.7 Å². The third-order valence-corrected chi connectivity index (χ3v) is 6.30. The number of nitrogens with one attached hydrogen (secondary N) is 1. The third kappa shape index (κ3) is 3.92. The summed E-state index contributed by atoms with van der Waals surface area (Å²) in [5, 5.41) is 11.4. The van der Waals surface area contributed by atoms with Gasteiger partial charge in [0.15, 0.2) is 11.5 Å². The fourth-order valence-corrected chi connectivity index (χ4v) is 4.48. The Hall–Kier alpha value is -4.86. The number of aryl methyl sites for hydroxylation is 1. The third-order valence-electron chi connectivity index (χ3n) is 6.30. The van der Waals surface area contributed by atoms with Crippen LogP contribution in [0.1, 0.15) is 22.9 Å². The number of nitrogens with zero attached hydrogens (tertiary/aromatic N) is 3. The van der Waals surface area contributed by atoms with Crippen LogP contribution in [0.5, 0.6) is 17.2 Å². The van der Waals surface area contributed by atoms with Crippen LogP contribution in [0, 0.1) is 6.92 Å². The summed E-state index contributed by atoms with van der Waals surface area (Å²) < 4.78 is 16.0. The topological polar surface area (TPSA) is 127 Å². The maximum Gasteiger partial charge on any atom is 0.302 e. The predicted octanol–water partition coefficient (Wildman–Crippen LogP) is 3.92. The van der Waals surface area contributed by atoms with Crippen LogP contribution in [0.2, 0.25) is 0 Å². The molecule has 188 valence electrons. The Balaban J connectivity index is 1.71. The molecule has 0 radical (unpaired) electrons. The van der Waals surface area contributed by atoms with Crippen molar-refractivity contribution in [2.24, 2.45) is 0 Å². The molecule has 0 bridgehead atoms. The van der Waals surface area contributed by atoms with Gasteiger partial charge in [-0.25, -0.2) is 4.98 Å². The Morgan fingerprint density at radius 3 is 2.41 bits per heavy atom. The minimum atomic E-state index is -1.02. The van der Waals surface area contributed by atoms with Crippen LogP contribution in [-0.4, -0.2) is 53.1 Å². The normalized spacial score (nSPS) is 16.9. The first-order valence-electron chi connectivity index (χ1n) is 11.4. The summed E-state index contributed by atoms with van der Waals surface area (Å²) in [6.07, 6.45) is 1.56. The predicted molar refractivity (Wildman–Crippen MR) is 136 cm³/mol. The number of H-pyrrole nitrogens is 1. The second-order valence-corrected chi connectivity index (χ2v) is 8.39. The van der Waals surface area contributed by atoms with Crippen LogP contribution in [-0.2, 0) is 9.59 Å². The van der Waals surface area contributed by atoms with Gasteiger partial charge in [0.25, 0.3) is 5.78 Å². The van der Waals surface area contributed by atoms with Gasteiger partial charge in [0.05, 0.1) is 43.6 Å². The summed E-state index contributed by atoms with van der Waals surface area (Å²) >= 11 is 0. The second kappa shape index (κ2) is 9.30. The zero-order valence-corrected chi connectivity index (χ0v) is 20.6. The molecule has 1 saturated heterocycles. The molecule has 0 aliphatic carbocycles. The highest BCUT2D eigenvalue weighted by atomic mass is 16.5. The number of aromatic amines is 1. The van der Waals surface area contributed by atoms with E-state index in [0.29, 0.717) is 45.1 Å². The highest BCUT2D eigenvalue weighted by molar-refractivity contribution is 6.51. The van der Waals surface area contributed by atoms with E-state index in [1.807, 2.05) is 0 Å². The van der Waals surface area contributed by atoms with Crippen LogP contribution in [0.15, 0.2) is 60.3 Å². The fourth-order valence-electron chi connectivity index (χ4n) is 4.48. The fraction of sp³-hybridized carbons (Fsp3) is 0.185. The number of imidazole rings is 1. The van der Waals surface area contributed by atoms with Crippen molar-refractivity contribution in [3.8, 4) is 17.2 Å². The minimum absolute atomic E-state index is 0.0902. The van der Waals surface area contributed by atoms with E-state index in [1.165, 1.54) is 19.1 Å². The molecule has 1 atom stereocenters. The zero-order chi connectivity index (χ0) is 26.3. The molecular formula is C27H24N4O6. The van der Waals surface area contributed by atoms with Crippen molar-refractivity contribution in [3.05, 3.63) is 77.1 Å². The van der Waals surface area contributed by atoms with Gasteiger partial charge in [-0.15, -0.1) is 0 Å². The first kappa shape index (κ1) is 23.9. The van der Waals surface area contributed by atoms with Crippen LogP contribution >= 0.6 is 0 Å². The Morgan fingerprint density at radius 2 is 1.76 bits per heavy atom. The molecule has 10 nitrogen and oxygen atoms in total. The SMILES string of the molecule is COc1ccc(/C(O)=C2\C(=O)C(=O)N(c3nc4cc(OC)c(OC)cc4[nH]3)C2c2ccccn2)c(C)c1. The van der Waals surface area contributed by atoms with Crippen molar-refractivity contribution in [2.45, 2.75) is 13.0 Å². The molecular weight excluding hydrogens is 476 g/mol. The number of methoxy groups -OCH3 is 3. The lowest BCUT2D eigenvalue weighted by Crippen LogP contribution is -2.30. The van der Waals surface area contributed by atoms with Crippen LogP contribution < -0.4 is 19.1 Å². The number of hydrogen-bond donors (Lipinski definition) is 2. The highest BCUT2D eigenvalue weighted by Crippen LogP contribution is 2.42. The second-order valence-electron chi connectivity index (χ2n) is 8.39. The summed E-state index contributed by atoms with van der Waals surface area (Å²) in [6.45, 7) is 1.78. The van der Waals surface area contributed by atoms with E-state index in [2.05, 4.69) is 15.0 Å². The van der Waals surface area contributed by atoms with E-state index in [-0.39, 0.29) is 17.3 Å². The molecule has 37 heavy (non-hydrogen) atoms. The van der Waals surface area contributed by atoms with Crippen molar-refractivity contribution in [1.29, 1.82) is 0 Å².